The van der Waals surface area contributed by atoms with Gasteiger partial charge in [0.05, 0.1) is 12.1 Å². The van der Waals surface area contributed by atoms with Crippen molar-refractivity contribution in [2.75, 3.05) is 6.54 Å². The summed E-state index contributed by atoms with van der Waals surface area (Å²) < 4.78 is 0. The van der Waals surface area contributed by atoms with Gasteiger partial charge in [-0.3, -0.25) is 14.4 Å². The van der Waals surface area contributed by atoms with Crippen LogP contribution in [0.1, 0.15) is 53.9 Å². The Morgan fingerprint density at radius 2 is 1.23 bits per heavy atom. The van der Waals surface area contributed by atoms with Gasteiger partial charge < -0.3 is 37.6 Å². The lowest BCUT2D eigenvalue weighted by Gasteiger charge is -2.28. The van der Waals surface area contributed by atoms with Crippen molar-refractivity contribution in [3.8, 4) is 0 Å². The van der Waals surface area contributed by atoms with E-state index in [1.165, 1.54) is 6.92 Å². The largest absolute Gasteiger partial charge is 0.480 e. The molecule has 0 rings (SSSR count). The highest BCUT2D eigenvalue weighted by molar-refractivity contribution is 5.94. The lowest BCUT2D eigenvalue weighted by molar-refractivity contribution is -0.144. The molecule has 5 unspecified atom stereocenters. The molecule has 0 saturated heterocycles. The van der Waals surface area contributed by atoms with Crippen LogP contribution in [0.4, 0.5) is 0 Å². The zero-order valence-corrected chi connectivity index (χ0v) is 19.1. The van der Waals surface area contributed by atoms with E-state index in [0.717, 1.165) is 0 Å². The van der Waals surface area contributed by atoms with Crippen LogP contribution in [-0.2, 0) is 19.2 Å². The zero-order valence-electron chi connectivity index (χ0n) is 19.1. The van der Waals surface area contributed by atoms with E-state index in [1.807, 2.05) is 0 Å². The number of carbonyl (C=O) groups is 4. The van der Waals surface area contributed by atoms with Gasteiger partial charge in [-0.05, 0) is 38.1 Å². The van der Waals surface area contributed by atoms with Gasteiger partial charge in [0, 0.05) is 0 Å². The number of hydrogen-bond acceptors (Lipinski definition) is 7. The first kappa shape index (κ1) is 28.8. The standard InChI is InChI=1S/C20H39N5O6/c1-10(2)14(18(28)24-15(11(3)4)20(30)31)23-19(29)16(12(5)26)25-17(27)13(22)8-6-7-9-21/h10-16,26H,6-9,21-22H2,1-5H3,(H,23,29)(H,24,28)(H,25,27)(H,30,31). The van der Waals surface area contributed by atoms with Gasteiger partial charge in [0.15, 0.2) is 0 Å². The molecule has 3 amide bonds. The zero-order chi connectivity index (χ0) is 24.3. The van der Waals surface area contributed by atoms with Crippen LogP contribution in [0.2, 0.25) is 0 Å². The van der Waals surface area contributed by atoms with Crippen LogP contribution in [0, 0.1) is 11.8 Å². The monoisotopic (exact) mass is 445 g/mol. The van der Waals surface area contributed by atoms with E-state index in [1.54, 1.807) is 27.7 Å². The van der Waals surface area contributed by atoms with Crippen LogP contribution in [0.25, 0.3) is 0 Å². The number of amides is 3. The van der Waals surface area contributed by atoms with Crippen molar-refractivity contribution in [1.82, 2.24) is 16.0 Å². The summed E-state index contributed by atoms with van der Waals surface area (Å²) in [5.74, 6) is -3.98. The Balaban J connectivity index is 5.25. The number of carbonyl (C=O) groups excluding carboxylic acids is 3. The van der Waals surface area contributed by atoms with E-state index < -0.39 is 54.0 Å². The van der Waals surface area contributed by atoms with Gasteiger partial charge in [0.1, 0.15) is 18.1 Å². The predicted octanol–water partition coefficient (Wildman–Crippen LogP) is -1.33. The molecule has 0 aromatic rings. The van der Waals surface area contributed by atoms with Crippen LogP contribution in [-0.4, -0.2) is 70.7 Å². The van der Waals surface area contributed by atoms with E-state index in [9.17, 15) is 29.4 Å². The maximum Gasteiger partial charge on any atom is 0.326 e. The van der Waals surface area contributed by atoms with Crippen molar-refractivity contribution in [1.29, 1.82) is 0 Å². The molecule has 11 heteroatoms. The molecule has 31 heavy (non-hydrogen) atoms. The molecule has 0 aromatic carbocycles. The first-order valence-corrected chi connectivity index (χ1v) is 10.6. The van der Waals surface area contributed by atoms with Gasteiger partial charge in [0.2, 0.25) is 17.7 Å². The number of unbranched alkanes of at least 4 members (excludes halogenated alkanes) is 1. The fourth-order valence-electron chi connectivity index (χ4n) is 2.84. The third kappa shape index (κ3) is 10.1. The molecule has 0 spiro atoms. The number of hydrogen-bond donors (Lipinski definition) is 7. The van der Waals surface area contributed by atoms with Gasteiger partial charge in [-0.25, -0.2) is 4.79 Å². The molecule has 11 nitrogen and oxygen atoms in total. The van der Waals surface area contributed by atoms with Crippen LogP contribution in [0.5, 0.6) is 0 Å². The number of aliphatic carboxylic acids is 1. The molecule has 0 fully saturated rings. The number of nitrogens with one attached hydrogen (secondary N) is 3. The highest BCUT2D eigenvalue weighted by Gasteiger charge is 2.34. The Labute approximate surface area is 183 Å². The Morgan fingerprint density at radius 3 is 1.65 bits per heavy atom. The highest BCUT2D eigenvalue weighted by atomic mass is 16.4. The predicted molar refractivity (Wildman–Crippen MR) is 116 cm³/mol. The topological polar surface area (TPSA) is 197 Å². The summed E-state index contributed by atoms with van der Waals surface area (Å²) in [7, 11) is 0. The normalized spacial score (nSPS) is 16.2. The van der Waals surface area contributed by atoms with Crippen molar-refractivity contribution in [3.05, 3.63) is 0 Å². The summed E-state index contributed by atoms with van der Waals surface area (Å²) >= 11 is 0. The molecule has 0 aliphatic heterocycles. The molecule has 0 aliphatic rings. The summed E-state index contributed by atoms with van der Waals surface area (Å²) in [6, 6.07) is -4.39. The van der Waals surface area contributed by atoms with Gasteiger partial charge in [-0.1, -0.05) is 34.1 Å². The Kier molecular flexibility index (Phi) is 12.9. The number of carboxylic acid groups (broad SMARTS) is 1. The minimum atomic E-state index is -1.33. The van der Waals surface area contributed by atoms with Gasteiger partial charge >= 0.3 is 5.97 Å². The van der Waals surface area contributed by atoms with Gasteiger partial charge in [0.25, 0.3) is 0 Å². The first-order valence-electron chi connectivity index (χ1n) is 10.6. The SMILES string of the molecule is CC(C)C(NC(=O)C(NC(=O)C(NC(=O)C(N)CCCCN)C(C)O)C(C)C)C(=O)O. The third-order valence-electron chi connectivity index (χ3n) is 4.85. The van der Waals surface area contributed by atoms with Gasteiger partial charge in [-0.15, -0.1) is 0 Å². The summed E-state index contributed by atoms with van der Waals surface area (Å²) in [6.07, 6.45) is 0.478. The number of rotatable bonds is 14. The van der Waals surface area contributed by atoms with Crippen LogP contribution >= 0.6 is 0 Å². The van der Waals surface area contributed by atoms with Crippen molar-refractivity contribution < 1.29 is 29.4 Å². The molecule has 180 valence electrons. The summed E-state index contributed by atoms with van der Waals surface area (Å²) in [6.45, 7) is 8.47. The van der Waals surface area contributed by atoms with E-state index in [0.29, 0.717) is 25.8 Å². The Morgan fingerprint density at radius 1 is 0.774 bits per heavy atom. The number of aliphatic hydroxyl groups is 1. The second kappa shape index (κ2) is 13.9. The summed E-state index contributed by atoms with van der Waals surface area (Å²) in [5, 5.41) is 26.6. The molecule has 0 radical (unpaired) electrons. The first-order chi connectivity index (χ1) is 14.3. The van der Waals surface area contributed by atoms with Crippen molar-refractivity contribution in [3.63, 3.8) is 0 Å². The Hall–Kier alpha value is -2.24. The van der Waals surface area contributed by atoms with Crippen LogP contribution in [0.15, 0.2) is 0 Å². The lowest BCUT2D eigenvalue weighted by Crippen LogP contribution is -2.61. The second-order valence-electron chi connectivity index (χ2n) is 8.42. The van der Waals surface area contributed by atoms with Crippen molar-refractivity contribution >= 4 is 23.7 Å². The number of aliphatic hydroxyl groups excluding tert-OH is 1. The minimum absolute atomic E-state index is 0.366. The second-order valence-corrected chi connectivity index (χ2v) is 8.42. The van der Waals surface area contributed by atoms with Crippen LogP contribution in [0.3, 0.4) is 0 Å². The average molecular weight is 446 g/mol. The molecule has 9 N–H and O–H groups in total. The molecule has 0 heterocycles. The van der Waals surface area contributed by atoms with Crippen LogP contribution < -0.4 is 27.4 Å². The molecule has 0 bridgehead atoms. The van der Waals surface area contributed by atoms with E-state index >= 15 is 0 Å². The fourth-order valence-corrected chi connectivity index (χ4v) is 2.84. The number of nitrogens with two attached hydrogens (primary N) is 2. The molecule has 0 saturated carbocycles. The summed E-state index contributed by atoms with van der Waals surface area (Å²) in [4.78, 5) is 49.0. The fraction of sp³-hybridized carbons (Fsp3) is 0.800. The average Bonchev–Trinajstić information content (AvgIpc) is 2.66. The van der Waals surface area contributed by atoms with Crippen molar-refractivity contribution in [2.24, 2.45) is 23.3 Å². The maximum atomic E-state index is 12.7. The lowest BCUT2D eigenvalue weighted by atomic mass is 9.99. The third-order valence-corrected chi connectivity index (χ3v) is 4.85. The molecular weight excluding hydrogens is 406 g/mol. The van der Waals surface area contributed by atoms with E-state index in [2.05, 4.69) is 16.0 Å². The smallest absolute Gasteiger partial charge is 0.326 e. The highest BCUT2D eigenvalue weighted by Crippen LogP contribution is 2.08. The summed E-state index contributed by atoms with van der Waals surface area (Å²) in [5.41, 5.74) is 11.2. The maximum absolute atomic E-state index is 12.7. The molecular formula is C20H39N5O6. The molecule has 0 aromatic heterocycles. The van der Waals surface area contributed by atoms with E-state index in [4.69, 9.17) is 11.5 Å². The van der Waals surface area contributed by atoms with E-state index in [-0.39, 0.29) is 11.8 Å². The number of carboxylic acids is 1. The van der Waals surface area contributed by atoms with Gasteiger partial charge in [-0.2, -0.15) is 0 Å². The van der Waals surface area contributed by atoms with Crippen molar-refractivity contribution in [2.45, 2.75) is 84.2 Å². The molecule has 5 atom stereocenters. The Bertz CT molecular complexity index is 611. The molecule has 0 aliphatic carbocycles. The quantitative estimate of drug-likeness (QED) is 0.160. The minimum Gasteiger partial charge on any atom is -0.480 e.